The fourth-order valence-electron chi connectivity index (χ4n) is 3.75. The van der Waals surface area contributed by atoms with Gasteiger partial charge >= 0.3 is 0 Å². The quantitative estimate of drug-likeness (QED) is 0.177. The monoisotopic (exact) mass is 699 g/mol. The molecule has 244 valence electrons. The van der Waals surface area contributed by atoms with Crippen molar-refractivity contribution in [3.8, 4) is 0 Å². The minimum Gasteiger partial charge on any atom is -0.352 e. The molecule has 0 aliphatic carbocycles. The Morgan fingerprint density at radius 3 is 1.76 bits per heavy atom. The van der Waals surface area contributed by atoms with E-state index in [0.717, 1.165) is 18.6 Å². The highest BCUT2D eigenvalue weighted by molar-refractivity contribution is 7.86. The van der Waals surface area contributed by atoms with Crippen LogP contribution in [0, 0.1) is 5.41 Å². The number of hydrogen-bond acceptors (Lipinski definition) is 7. The topological polar surface area (TPSA) is 173 Å². The van der Waals surface area contributed by atoms with Crippen molar-refractivity contribution in [2.45, 2.75) is 56.9 Å². The highest BCUT2D eigenvalue weighted by atomic mass is 35.5. The van der Waals surface area contributed by atoms with Crippen molar-refractivity contribution < 1.29 is 35.5 Å². The standard InChI is InChI=1S/C13H17Cl2NO.C10H8O6S2.C7H10N2O/c1-13(2,3)7-8-16-12(17)11-9(14)5-4-6-10(11)15;11-17(12,13)9-5-1-3-7-8(9)4-2-6-10(7)18(14,15)16;1-2-7(10)5-9-4-3-8-6-9/h4-6H,7-8H2,1-3H3,(H,16,17);1-6H,(H,11,12,13)(H,14,15,16);3-4,6H,2,5H2,1H3. The third kappa shape index (κ3) is 12.2. The van der Waals surface area contributed by atoms with Crippen LogP contribution in [0.25, 0.3) is 10.8 Å². The maximum absolute atomic E-state index is 11.9. The number of benzene rings is 3. The molecule has 0 saturated carbocycles. The fourth-order valence-corrected chi connectivity index (χ4v) is 5.73. The molecular weight excluding hydrogens is 665 g/mol. The molecule has 0 radical (unpaired) electrons. The first-order valence-corrected chi connectivity index (χ1v) is 17.1. The van der Waals surface area contributed by atoms with Crippen molar-refractivity contribution in [2.75, 3.05) is 6.54 Å². The number of imidazole rings is 1. The number of Topliss-reactive ketones (excluding diaryl/α,β-unsaturated/α-hetero) is 1. The number of nitrogens with one attached hydrogen (secondary N) is 1. The lowest BCUT2D eigenvalue weighted by atomic mass is 9.92. The van der Waals surface area contributed by atoms with Crippen molar-refractivity contribution in [3.05, 3.63) is 88.9 Å². The first-order valence-electron chi connectivity index (χ1n) is 13.5. The van der Waals surface area contributed by atoms with E-state index in [4.69, 9.17) is 32.3 Å². The Bertz CT molecular complexity index is 1750. The number of rotatable bonds is 8. The van der Waals surface area contributed by atoms with E-state index < -0.39 is 30.0 Å². The number of aromatic nitrogens is 2. The van der Waals surface area contributed by atoms with Gasteiger partial charge in [0.1, 0.15) is 9.79 Å². The summed E-state index contributed by atoms with van der Waals surface area (Å²) in [5, 5.41) is 3.64. The van der Waals surface area contributed by atoms with Crippen molar-refractivity contribution in [1.82, 2.24) is 14.9 Å². The zero-order chi connectivity index (χ0) is 34.0. The predicted octanol–water partition coefficient (Wildman–Crippen LogP) is 6.35. The second-order valence-corrected chi connectivity index (χ2v) is 14.4. The van der Waals surface area contributed by atoms with Gasteiger partial charge in [-0.15, -0.1) is 0 Å². The van der Waals surface area contributed by atoms with Crippen molar-refractivity contribution in [1.29, 1.82) is 0 Å². The van der Waals surface area contributed by atoms with E-state index in [0.29, 0.717) is 35.1 Å². The van der Waals surface area contributed by atoms with Gasteiger partial charge in [0.25, 0.3) is 26.1 Å². The van der Waals surface area contributed by atoms with E-state index in [2.05, 4.69) is 31.1 Å². The summed E-state index contributed by atoms with van der Waals surface area (Å²) in [4.78, 5) is 25.7. The van der Waals surface area contributed by atoms with Gasteiger partial charge in [0.05, 0.1) is 28.5 Å². The highest BCUT2D eigenvalue weighted by Crippen LogP contribution is 2.28. The normalized spacial score (nSPS) is 11.6. The maximum atomic E-state index is 11.9. The second kappa shape index (κ2) is 16.3. The summed E-state index contributed by atoms with van der Waals surface area (Å²) in [6.45, 7) is 9.31. The van der Waals surface area contributed by atoms with Crippen LogP contribution in [-0.4, -0.2) is 53.7 Å². The van der Waals surface area contributed by atoms with Gasteiger partial charge in [-0.3, -0.25) is 18.7 Å². The molecule has 3 aromatic carbocycles. The summed E-state index contributed by atoms with van der Waals surface area (Å²) < 4.78 is 64.5. The second-order valence-electron chi connectivity index (χ2n) is 10.8. The van der Waals surface area contributed by atoms with Crippen LogP contribution in [0.3, 0.4) is 0 Å². The van der Waals surface area contributed by atoms with E-state index in [-0.39, 0.29) is 27.9 Å². The molecule has 15 heteroatoms. The summed E-state index contributed by atoms with van der Waals surface area (Å²) in [7, 11) is -8.94. The number of carbonyl (C=O) groups excluding carboxylic acids is 2. The number of halogens is 2. The van der Waals surface area contributed by atoms with Crippen molar-refractivity contribution in [3.63, 3.8) is 0 Å². The highest BCUT2D eigenvalue weighted by Gasteiger charge is 2.19. The summed E-state index contributed by atoms with van der Waals surface area (Å²) in [6.07, 6.45) is 6.60. The Morgan fingerprint density at radius 2 is 1.36 bits per heavy atom. The zero-order valence-electron chi connectivity index (χ0n) is 25.1. The average molecular weight is 701 g/mol. The molecule has 45 heavy (non-hydrogen) atoms. The Balaban J connectivity index is 0.000000245. The van der Waals surface area contributed by atoms with Gasteiger partial charge in [0.15, 0.2) is 5.78 Å². The number of amides is 1. The van der Waals surface area contributed by atoms with E-state index in [1.165, 1.54) is 24.3 Å². The molecule has 4 rings (SSSR count). The first kappa shape index (κ1) is 37.9. The lowest BCUT2D eigenvalue weighted by Gasteiger charge is -2.18. The molecule has 0 unspecified atom stereocenters. The largest absolute Gasteiger partial charge is 0.352 e. The summed E-state index contributed by atoms with van der Waals surface area (Å²) in [5.74, 6) is 0.0165. The Labute approximate surface area is 273 Å². The number of hydrogen-bond donors (Lipinski definition) is 3. The lowest BCUT2D eigenvalue weighted by molar-refractivity contribution is -0.119. The first-order chi connectivity index (χ1) is 20.8. The van der Waals surface area contributed by atoms with Crippen LogP contribution in [0.15, 0.2) is 83.1 Å². The van der Waals surface area contributed by atoms with Crippen molar-refractivity contribution in [2.24, 2.45) is 5.41 Å². The minimum absolute atomic E-state index is 0.0233. The lowest BCUT2D eigenvalue weighted by Crippen LogP contribution is -2.27. The molecule has 0 atom stereocenters. The van der Waals surface area contributed by atoms with Gasteiger partial charge in [-0.1, -0.05) is 81.2 Å². The van der Waals surface area contributed by atoms with Gasteiger partial charge in [-0.25, -0.2) is 4.98 Å². The van der Waals surface area contributed by atoms with Crippen LogP contribution < -0.4 is 5.32 Å². The number of fused-ring (bicyclic) bond motifs is 1. The van der Waals surface area contributed by atoms with Crippen LogP contribution >= 0.6 is 23.2 Å². The molecule has 1 amide bonds. The van der Waals surface area contributed by atoms with Crippen LogP contribution in [0.4, 0.5) is 0 Å². The molecule has 3 N–H and O–H groups in total. The van der Waals surface area contributed by atoms with Gasteiger partial charge in [0.2, 0.25) is 0 Å². The van der Waals surface area contributed by atoms with E-state index >= 15 is 0 Å². The average Bonchev–Trinajstić information content (AvgIpc) is 3.44. The predicted molar refractivity (Wildman–Crippen MR) is 174 cm³/mol. The Hall–Kier alpha value is -3.33. The van der Waals surface area contributed by atoms with E-state index in [1.807, 2.05) is 6.92 Å². The zero-order valence-corrected chi connectivity index (χ0v) is 28.2. The third-order valence-corrected chi connectivity index (χ3v) is 8.51. The summed E-state index contributed by atoms with van der Waals surface area (Å²) >= 11 is 11.9. The number of carbonyl (C=O) groups is 2. The molecule has 4 aromatic rings. The number of nitrogens with zero attached hydrogens (tertiary/aromatic N) is 2. The van der Waals surface area contributed by atoms with Crippen LogP contribution in [0.5, 0.6) is 0 Å². The molecule has 0 aliphatic rings. The van der Waals surface area contributed by atoms with Crippen molar-refractivity contribution >= 4 is 65.9 Å². The SMILES string of the molecule is CC(C)(C)CCNC(=O)c1c(Cl)cccc1Cl.CCC(=O)Cn1ccnc1.O=S(=O)(O)c1cccc2c(S(=O)(=O)O)cccc12. The Morgan fingerprint density at radius 1 is 0.867 bits per heavy atom. The summed E-state index contributed by atoms with van der Waals surface area (Å²) in [6, 6.07) is 12.6. The third-order valence-electron chi connectivity index (χ3n) is 6.06. The molecule has 1 heterocycles. The molecule has 0 spiro atoms. The maximum Gasteiger partial charge on any atom is 0.295 e. The van der Waals surface area contributed by atoms with E-state index in [9.17, 15) is 26.4 Å². The molecule has 0 aliphatic heterocycles. The molecular formula is C30H35Cl2N3O8S2. The number of ketones is 1. The van der Waals surface area contributed by atoms with Gasteiger partial charge in [-0.05, 0) is 36.1 Å². The molecule has 0 bridgehead atoms. The molecule has 11 nitrogen and oxygen atoms in total. The van der Waals surface area contributed by atoms with E-state index in [1.54, 1.807) is 41.5 Å². The smallest absolute Gasteiger partial charge is 0.295 e. The van der Waals surface area contributed by atoms with Gasteiger partial charge in [0, 0.05) is 36.1 Å². The fraction of sp³-hybridized carbons (Fsp3) is 0.300. The van der Waals surface area contributed by atoms with Gasteiger partial charge in [-0.2, -0.15) is 16.8 Å². The minimum atomic E-state index is -4.47. The van der Waals surface area contributed by atoms with Crippen LogP contribution in [0.2, 0.25) is 10.0 Å². The Kier molecular flexibility index (Phi) is 13.7. The van der Waals surface area contributed by atoms with Gasteiger partial charge < -0.3 is 9.88 Å². The molecule has 0 saturated heterocycles. The molecule has 0 fully saturated rings. The van der Waals surface area contributed by atoms with Crippen LogP contribution in [0.1, 0.15) is 50.9 Å². The summed E-state index contributed by atoms with van der Waals surface area (Å²) in [5.41, 5.74) is 0.544. The van der Waals surface area contributed by atoms with Crippen LogP contribution in [-0.2, 0) is 31.6 Å². The molecule has 1 aromatic heterocycles.